The van der Waals surface area contributed by atoms with Gasteiger partial charge in [0.2, 0.25) is 0 Å². The molecule has 1 aliphatic rings. The molecule has 0 atom stereocenters. The number of hydrogen-bond acceptors (Lipinski definition) is 4. The van der Waals surface area contributed by atoms with Crippen LogP contribution < -0.4 is 10.1 Å². The van der Waals surface area contributed by atoms with Gasteiger partial charge in [0.05, 0.1) is 7.11 Å². The standard InChI is InChI=1S/C11H13NO3.ClH/c1-14-11(13)9-4-2-3-5-10(9)15-8-6-12-7-8;/h2-5,8,12H,6-7H2,1H3;1H. The number of carbonyl (C=O) groups excluding carboxylic acids is 1. The lowest BCUT2D eigenvalue weighted by atomic mass is 10.2. The second-order valence-electron chi connectivity index (χ2n) is 3.39. The SMILES string of the molecule is COC(=O)c1ccccc1OC1CNC1.Cl. The number of methoxy groups -OCH3 is 1. The van der Waals surface area contributed by atoms with Crippen molar-refractivity contribution in [2.75, 3.05) is 20.2 Å². The number of esters is 1. The Kier molecular flexibility index (Phi) is 4.58. The van der Waals surface area contributed by atoms with E-state index in [1.807, 2.05) is 6.07 Å². The van der Waals surface area contributed by atoms with Crippen LogP contribution in [0.5, 0.6) is 5.75 Å². The van der Waals surface area contributed by atoms with Crippen LogP contribution in [0.25, 0.3) is 0 Å². The highest BCUT2D eigenvalue weighted by molar-refractivity contribution is 5.92. The van der Waals surface area contributed by atoms with Crippen LogP contribution >= 0.6 is 12.4 Å². The summed E-state index contributed by atoms with van der Waals surface area (Å²) in [5.41, 5.74) is 0.479. The molecule has 5 heteroatoms. The highest BCUT2D eigenvalue weighted by atomic mass is 35.5. The Morgan fingerprint density at radius 1 is 1.38 bits per heavy atom. The van der Waals surface area contributed by atoms with Gasteiger partial charge in [-0.2, -0.15) is 0 Å². The van der Waals surface area contributed by atoms with E-state index in [2.05, 4.69) is 10.1 Å². The van der Waals surface area contributed by atoms with Gasteiger partial charge >= 0.3 is 5.97 Å². The Bertz CT molecular complexity index is 366. The largest absolute Gasteiger partial charge is 0.487 e. The number of nitrogens with one attached hydrogen (secondary N) is 1. The Balaban J connectivity index is 0.00000128. The highest BCUT2D eigenvalue weighted by Gasteiger charge is 2.21. The van der Waals surface area contributed by atoms with E-state index in [1.165, 1.54) is 7.11 Å². The summed E-state index contributed by atoms with van der Waals surface area (Å²) in [6.07, 6.45) is 0.163. The molecule has 0 unspecified atom stereocenters. The Labute approximate surface area is 100 Å². The van der Waals surface area contributed by atoms with Crippen LogP contribution in [0.4, 0.5) is 0 Å². The molecule has 1 heterocycles. The second-order valence-corrected chi connectivity index (χ2v) is 3.39. The van der Waals surface area contributed by atoms with Crippen molar-refractivity contribution in [3.8, 4) is 5.75 Å². The monoisotopic (exact) mass is 243 g/mol. The van der Waals surface area contributed by atoms with Gasteiger partial charge in [-0.05, 0) is 12.1 Å². The zero-order valence-electron chi connectivity index (χ0n) is 8.93. The lowest BCUT2D eigenvalue weighted by Gasteiger charge is -2.28. The summed E-state index contributed by atoms with van der Waals surface area (Å²) in [5, 5.41) is 3.10. The molecule has 16 heavy (non-hydrogen) atoms. The Hall–Kier alpha value is -1.26. The summed E-state index contributed by atoms with van der Waals surface area (Å²) in [4.78, 5) is 11.4. The molecule has 1 aromatic carbocycles. The number of halogens is 1. The fourth-order valence-corrected chi connectivity index (χ4v) is 1.37. The summed E-state index contributed by atoms with van der Waals surface area (Å²) >= 11 is 0. The number of benzene rings is 1. The van der Waals surface area contributed by atoms with Gasteiger partial charge in [0.25, 0.3) is 0 Å². The van der Waals surface area contributed by atoms with E-state index in [4.69, 9.17) is 4.74 Å². The summed E-state index contributed by atoms with van der Waals surface area (Å²) in [6.45, 7) is 1.66. The van der Waals surface area contributed by atoms with Gasteiger partial charge in [-0.3, -0.25) is 0 Å². The molecule has 0 radical (unpaired) electrons. The maximum atomic E-state index is 11.4. The lowest BCUT2D eigenvalue weighted by molar-refractivity contribution is 0.0589. The zero-order valence-corrected chi connectivity index (χ0v) is 9.75. The van der Waals surface area contributed by atoms with Gasteiger partial charge in [0.15, 0.2) is 0 Å². The van der Waals surface area contributed by atoms with Crippen molar-refractivity contribution >= 4 is 18.4 Å². The van der Waals surface area contributed by atoms with E-state index >= 15 is 0 Å². The normalized spacial score (nSPS) is 14.6. The molecule has 4 nitrogen and oxygen atoms in total. The first-order valence-corrected chi connectivity index (χ1v) is 4.86. The number of para-hydroxylation sites is 1. The van der Waals surface area contributed by atoms with Crippen LogP contribution in [0.1, 0.15) is 10.4 Å². The highest BCUT2D eigenvalue weighted by Crippen LogP contribution is 2.20. The van der Waals surface area contributed by atoms with Crippen molar-refractivity contribution < 1.29 is 14.3 Å². The van der Waals surface area contributed by atoms with Crippen molar-refractivity contribution in [1.82, 2.24) is 5.32 Å². The maximum Gasteiger partial charge on any atom is 0.341 e. The molecular weight excluding hydrogens is 230 g/mol. The third-order valence-corrected chi connectivity index (χ3v) is 2.33. The first-order valence-electron chi connectivity index (χ1n) is 4.86. The molecule has 1 N–H and O–H groups in total. The molecule has 0 saturated carbocycles. The molecule has 0 aliphatic carbocycles. The Morgan fingerprint density at radius 2 is 2.06 bits per heavy atom. The van der Waals surface area contributed by atoms with E-state index in [-0.39, 0.29) is 24.5 Å². The molecule has 2 rings (SSSR count). The first kappa shape index (κ1) is 12.8. The van der Waals surface area contributed by atoms with E-state index in [0.29, 0.717) is 11.3 Å². The van der Waals surface area contributed by atoms with Crippen LogP contribution in [0.15, 0.2) is 24.3 Å². The fraction of sp³-hybridized carbons (Fsp3) is 0.364. The summed E-state index contributed by atoms with van der Waals surface area (Å²) in [7, 11) is 1.37. The van der Waals surface area contributed by atoms with Crippen LogP contribution in [0.2, 0.25) is 0 Å². The van der Waals surface area contributed by atoms with Gasteiger partial charge < -0.3 is 14.8 Å². The van der Waals surface area contributed by atoms with E-state index in [0.717, 1.165) is 13.1 Å². The van der Waals surface area contributed by atoms with Gasteiger partial charge in [-0.15, -0.1) is 12.4 Å². The van der Waals surface area contributed by atoms with Crippen LogP contribution in [0, 0.1) is 0 Å². The predicted molar refractivity (Wildman–Crippen MR) is 62.3 cm³/mol. The average Bonchev–Trinajstić information content (AvgIpc) is 2.23. The average molecular weight is 244 g/mol. The minimum atomic E-state index is -0.363. The fourth-order valence-electron chi connectivity index (χ4n) is 1.37. The number of carbonyl (C=O) groups is 1. The molecule has 1 aromatic rings. The molecule has 88 valence electrons. The number of ether oxygens (including phenoxy) is 2. The first-order chi connectivity index (χ1) is 7.31. The minimum Gasteiger partial charge on any atom is -0.487 e. The third-order valence-electron chi connectivity index (χ3n) is 2.33. The van der Waals surface area contributed by atoms with Crippen molar-refractivity contribution in [1.29, 1.82) is 0 Å². The molecule has 1 aliphatic heterocycles. The molecule has 1 saturated heterocycles. The predicted octanol–water partition coefficient (Wildman–Crippen LogP) is 1.25. The molecule has 1 fully saturated rings. The number of rotatable bonds is 3. The van der Waals surface area contributed by atoms with Crippen LogP contribution in [-0.4, -0.2) is 32.3 Å². The van der Waals surface area contributed by atoms with Gasteiger partial charge in [0.1, 0.15) is 17.4 Å². The Morgan fingerprint density at radius 3 is 2.62 bits per heavy atom. The minimum absolute atomic E-state index is 0. The molecular formula is C11H14ClNO3. The summed E-state index contributed by atoms with van der Waals surface area (Å²) in [5.74, 6) is 0.230. The summed E-state index contributed by atoms with van der Waals surface area (Å²) < 4.78 is 10.3. The second kappa shape index (κ2) is 5.72. The van der Waals surface area contributed by atoms with Crippen molar-refractivity contribution in [2.24, 2.45) is 0 Å². The molecule has 0 aromatic heterocycles. The van der Waals surface area contributed by atoms with Gasteiger partial charge in [0, 0.05) is 13.1 Å². The zero-order chi connectivity index (χ0) is 10.7. The van der Waals surface area contributed by atoms with Gasteiger partial charge in [-0.25, -0.2) is 4.79 Å². The summed E-state index contributed by atoms with van der Waals surface area (Å²) in [6, 6.07) is 7.11. The lowest BCUT2D eigenvalue weighted by Crippen LogP contribution is -2.50. The topological polar surface area (TPSA) is 47.6 Å². The molecule has 0 spiro atoms. The van der Waals surface area contributed by atoms with E-state index < -0.39 is 0 Å². The van der Waals surface area contributed by atoms with Crippen LogP contribution in [0.3, 0.4) is 0 Å². The molecule has 0 bridgehead atoms. The number of hydrogen-bond donors (Lipinski definition) is 1. The van der Waals surface area contributed by atoms with Gasteiger partial charge in [-0.1, -0.05) is 12.1 Å². The van der Waals surface area contributed by atoms with Crippen molar-refractivity contribution in [2.45, 2.75) is 6.10 Å². The third kappa shape index (κ3) is 2.65. The molecule has 0 amide bonds. The van der Waals surface area contributed by atoms with E-state index in [1.54, 1.807) is 18.2 Å². The van der Waals surface area contributed by atoms with Crippen LogP contribution in [-0.2, 0) is 4.74 Å². The smallest absolute Gasteiger partial charge is 0.341 e. The van der Waals surface area contributed by atoms with Crippen molar-refractivity contribution in [3.05, 3.63) is 29.8 Å². The maximum absolute atomic E-state index is 11.4. The van der Waals surface area contributed by atoms with Crippen molar-refractivity contribution in [3.63, 3.8) is 0 Å². The van der Waals surface area contributed by atoms with E-state index in [9.17, 15) is 4.79 Å². The quantitative estimate of drug-likeness (QED) is 0.812.